The molecular weight excluding hydrogens is 651 g/mol. The first-order valence-electron chi connectivity index (χ1n) is 15.0. The van der Waals surface area contributed by atoms with E-state index in [0.29, 0.717) is 35.1 Å². The van der Waals surface area contributed by atoms with E-state index in [2.05, 4.69) is 4.99 Å². The van der Waals surface area contributed by atoms with Crippen LogP contribution in [0.25, 0.3) is 22.3 Å². The Morgan fingerprint density at radius 2 is 1.04 bits per heavy atom. The van der Waals surface area contributed by atoms with E-state index in [0.717, 1.165) is 40.3 Å². The fourth-order valence-electron chi connectivity index (χ4n) is 5.04. The number of benzene rings is 4. The predicted octanol–water partition coefficient (Wildman–Crippen LogP) is 5.46. The number of rotatable bonds is 8. The Morgan fingerprint density at radius 1 is 0.667 bits per heavy atom. The van der Waals surface area contributed by atoms with Gasteiger partial charge < -0.3 is 16.2 Å². The molecule has 12 heteroatoms. The van der Waals surface area contributed by atoms with Crippen molar-refractivity contribution in [1.82, 2.24) is 0 Å². The van der Waals surface area contributed by atoms with Crippen LogP contribution in [0.2, 0.25) is 0 Å². The molecule has 4 aromatic rings. The molecule has 0 unspecified atom stereocenters. The maximum absolute atomic E-state index is 12.3. The molecule has 0 aromatic heterocycles. The van der Waals surface area contributed by atoms with E-state index in [1.165, 1.54) is 19.2 Å². The maximum Gasteiger partial charge on any atom is 0.338 e. The van der Waals surface area contributed by atoms with Gasteiger partial charge >= 0.3 is 5.97 Å². The molecule has 48 heavy (non-hydrogen) atoms. The maximum atomic E-state index is 12.3. The monoisotopic (exact) mass is 691 g/mol. The van der Waals surface area contributed by atoms with Crippen LogP contribution in [0, 0.1) is 13.8 Å². The molecule has 0 atom stereocenters. The summed E-state index contributed by atoms with van der Waals surface area (Å²) in [5.41, 5.74) is 17.4. The summed E-state index contributed by atoms with van der Waals surface area (Å²) in [6.45, 7) is 7.72. The largest absolute Gasteiger partial charge is 0.465 e. The van der Waals surface area contributed by atoms with Crippen LogP contribution in [0.4, 0.5) is 0 Å². The first kappa shape index (κ1) is 37.6. The number of guanidine groups is 1. The highest BCUT2D eigenvalue weighted by Crippen LogP contribution is 2.33. The minimum atomic E-state index is -3.56. The van der Waals surface area contributed by atoms with E-state index >= 15 is 0 Å². The molecule has 0 fully saturated rings. The molecule has 4 aromatic carbocycles. The summed E-state index contributed by atoms with van der Waals surface area (Å²) in [7, 11) is -5.77. The Kier molecular flexibility index (Phi) is 12.1. The summed E-state index contributed by atoms with van der Waals surface area (Å²) >= 11 is 0. The second-order valence-corrected chi connectivity index (χ2v) is 15.3. The molecule has 0 heterocycles. The van der Waals surface area contributed by atoms with E-state index in [-0.39, 0.29) is 21.3 Å². The third-order valence-electron chi connectivity index (χ3n) is 7.56. The van der Waals surface area contributed by atoms with Gasteiger partial charge in [-0.15, -0.1) is 0 Å². The van der Waals surface area contributed by atoms with Crippen molar-refractivity contribution in [3.05, 3.63) is 106 Å². The van der Waals surface area contributed by atoms with Crippen molar-refractivity contribution >= 4 is 37.5 Å². The summed E-state index contributed by atoms with van der Waals surface area (Å²) in [6, 6.07) is 21.4. The zero-order valence-electron chi connectivity index (χ0n) is 28.1. The predicted molar refractivity (Wildman–Crippen MR) is 190 cm³/mol. The Balaban J connectivity index is 0.000000261. The van der Waals surface area contributed by atoms with Gasteiger partial charge in [-0.3, -0.25) is 4.79 Å². The number of carbonyl (C=O) groups is 2. The fraction of sp³-hybridized carbons (Fsp3) is 0.250. The SMILES string of the molecule is CCc1cc(-c2ccc(C)cc2)c(S(C)(=O)=O)cc1C(=O)N=C(N)N.CCc1cc(-c2ccc(C)cc2)c(S(C)(=O)=O)cc1C(=O)OC. The number of esters is 1. The Morgan fingerprint density at radius 3 is 1.38 bits per heavy atom. The second kappa shape index (κ2) is 15.4. The van der Waals surface area contributed by atoms with E-state index in [9.17, 15) is 26.4 Å². The van der Waals surface area contributed by atoms with Crippen molar-refractivity contribution in [2.24, 2.45) is 16.5 Å². The summed E-state index contributed by atoms with van der Waals surface area (Å²) in [6.07, 6.45) is 3.39. The molecular formula is C36H41N3O7S2. The van der Waals surface area contributed by atoms with Crippen LogP contribution in [0.3, 0.4) is 0 Å². The Labute approximate surface area is 282 Å². The van der Waals surface area contributed by atoms with Gasteiger partial charge in [-0.2, -0.15) is 4.99 Å². The highest BCUT2D eigenvalue weighted by atomic mass is 32.2. The number of aryl methyl sites for hydroxylation is 4. The molecule has 254 valence electrons. The van der Waals surface area contributed by atoms with Crippen molar-refractivity contribution in [2.75, 3.05) is 19.6 Å². The summed E-state index contributed by atoms with van der Waals surface area (Å²) in [5, 5.41) is 0. The standard InChI is InChI=1S/C18H21N3O3S.C18H20O4S/c1-4-12-9-14(13-7-5-11(2)6-8-13)16(25(3,23)24)10-15(12)17(22)21-18(19)20;1-5-13-10-15(14-8-6-12(2)7-9-14)17(23(4,20)21)11-16(13)18(19)22-3/h5-10H,4H2,1-3H3,(H4,19,20,21,22);6-11H,5H2,1-4H3. The molecule has 4 rings (SSSR count). The smallest absolute Gasteiger partial charge is 0.338 e. The Bertz CT molecular complexity index is 2080. The number of nitrogens with two attached hydrogens (primary N) is 2. The second-order valence-electron chi connectivity index (χ2n) is 11.3. The minimum Gasteiger partial charge on any atom is -0.465 e. The number of hydrogen-bond acceptors (Lipinski definition) is 7. The highest BCUT2D eigenvalue weighted by Gasteiger charge is 2.23. The number of ether oxygens (including phenoxy) is 1. The molecule has 0 spiro atoms. The lowest BCUT2D eigenvalue weighted by atomic mass is 9.96. The van der Waals surface area contributed by atoms with Crippen LogP contribution < -0.4 is 11.5 Å². The van der Waals surface area contributed by atoms with Crippen LogP contribution in [-0.4, -0.2) is 54.3 Å². The zero-order valence-corrected chi connectivity index (χ0v) is 29.8. The number of aliphatic imine (C=N–C) groups is 1. The van der Waals surface area contributed by atoms with Gasteiger partial charge in [0.1, 0.15) is 0 Å². The zero-order chi connectivity index (χ0) is 36.0. The number of methoxy groups -OCH3 is 1. The van der Waals surface area contributed by atoms with E-state index < -0.39 is 31.6 Å². The fourth-order valence-corrected chi connectivity index (χ4v) is 6.86. The molecule has 0 aliphatic heterocycles. The molecule has 0 aliphatic rings. The molecule has 0 aliphatic carbocycles. The summed E-state index contributed by atoms with van der Waals surface area (Å²) in [4.78, 5) is 28.0. The topological polar surface area (TPSA) is 176 Å². The molecule has 1 amide bonds. The van der Waals surface area contributed by atoms with Crippen LogP contribution in [0.1, 0.15) is 56.8 Å². The lowest BCUT2D eigenvalue weighted by Gasteiger charge is -2.14. The van der Waals surface area contributed by atoms with E-state index in [1.807, 2.05) is 76.2 Å². The molecule has 0 saturated carbocycles. The number of amides is 1. The van der Waals surface area contributed by atoms with Crippen LogP contribution >= 0.6 is 0 Å². The normalized spacial score (nSPS) is 11.2. The van der Waals surface area contributed by atoms with Gasteiger partial charge in [-0.1, -0.05) is 73.5 Å². The van der Waals surface area contributed by atoms with Crippen molar-refractivity contribution in [3.63, 3.8) is 0 Å². The average molecular weight is 692 g/mol. The van der Waals surface area contributed by atoms with Crippen molar-refractivity contribution in [3.8, 4) is 22.3 Å². The van der Waals surface area contributed by atoms with E-state index in [4.69, 9.17) is 16.2 Å². The third kappa shape index (κ3) is 9.17. The van der Waals surface area contributed by atoms with Crippen LogP contribution in [-0.2, 0) is 37.3 Å². The lowest BCUT2D eigenvalue weighted by Crippen LogP contribution is -2.24. The summed E-state index contributed by atoms with van der Waals surface area (Å²) in [5.74, 6) is -1.55. The van der Waals surface area contributed by atoms with E-state index in [1.54, 1.807) is 12.1 Å². The summed E-state index contributed by atoms with van der Waals surface area (Å²) < 4.78 is 53.8. The number of sulfone groups is 2. The first-order valence-corrected chi connectivity index (χ1v) is 18.8. The van der Waals surface area contributed by atoms with Gasteiger partial charge in [-0.05, 0) is 73.2 Å². The van der Waals surface area contributed by atoms with Gasteiger partial charge in [0.25, 0.3) is 5.91 Å². The van der Waals surface area contributed by atoms with Crippen LogP contribution in [0.15, 0.2) is 87.6 Å². The van der Waals surface area contributed by atoms with Gasteiger partial charge in [0.2, 0.25) is 0 Å². The Hall–Kier alpha value is -4.81. The lowest BCUT2D eigenvalue weighted by molar-refractivity contribution is 0.0599. The molecule has 4 N–H and O–H groups in total. The van der Waals surface area contributed by atoms with Crippen molar-refractivity contribution in [1.29, 1.82) is 0 Å². The van der Waals surface area contributed by atoms with Crippen molar-refractivity contribution in [2.45, 2.75) is 50.3 Å². The average Bonchev–Trinajstić information content (AvgIpc) is 3.03. The minimum absolute atomic E-state index is 0.0719. The quantitative estimate of drug-likeness (QED) is 0.138. The van der Waals surface area contributed by atoms with Gasteiger partial charge in [0.05, 0.1) is 22.5 Å². The molecule has 0 radical (unpaired) electrons. The van der Waals surface area contributed by atoms with Gasteiger partial charge in [0.15, 0.2) is 25.6 Å². The first-order chi connectivity index (χ1) is 22.4. The van der Waals surface area contributed by atoms with Gasteiger partial charge in [-0.25, -0.2) is 21.6 Å². The highest BCUT2D eigenvalue weighted by molar-refractivity contribution is 7.91. The molecule has 0 saturated heterocycles. The number of hydrogen-bond donors (Lipinski definition) is 2. The number of carbonyl (C=O) groups excluding carboxylic acids is 2. The molecule has 0 bridgehead atoms. The van der Waals surface area contributed by atoms with Crippen LogP contribution in [0.5, 0.6) is 0 Å². The molecule has 10 nitrogen and oxygen atoms in total. The third-order valence-corrected chi connectivity index (χ3v) is 9.84. The van der Waals surface area contributed by atoms with Gasteiger partial charge in [0, 0.05) is 29.2 Å². The number of nitrogens with zero attached hydrogens (tertiary/aromatic N) is 1. The van der Waals surface area contributed by atoms with Crippen molar-refractivity contribution < 1.29 is 31.2 Å².